The van der Waals surface area contributed by atoms with Crippen molar-refractivity contribution < 1.29 is 76.1 Å². The molecule has 3 aliphatic rings. The first-order valence-electron chi connectivity index (χ1n) is 19.8. The highest BCUT2D eigenvalue weighted by Crippen LogP contribution is 2.41. The average molecular weight is 843 g/mol. The van der Waals surface area contributed by atoms with Gasteiger partial charge in [-0.15, -0.1) is 0 Å². The van der Waals surface area contributed by atoms with Gasteiger partial charge >= 0.3 is 5.97 Å². The van der Waals surface area contributed by atoms with Crippen LogP contribution in [0.2, 0.25) is 0 Å². The summed E-state index contributed by atoms with van der Waals surface area (Å²) in [5.74, 6) is -4.47. The summed E-state index contributed by atoms with van der Waals surface area (Å²) < 4.78 is 71.1. The van der Waals surface area contributed by atoms with E-state index in [0.717, 1.165) is 0 Å². The van der Waals surface area contributed by atoms with Gasteiger partial charge in [0.15, 0.2) is 12.6 Å². The summed E-state index contributed by atoms with van der Waals surface area (Å²) in [6, 6.07) is -0.283. The molecule has 17 nitrogen and oxygen atoms in total. The van der Waals surface area contributed by atoms with Crippen LogP contribution in [0.15, 0.2) is 0 Å². The molecule has 0 radical (unpaired) electrons. The van der Waals surface area contributed by atoms with Gasteiger partial charge in [0.1, 0.15) is 29.7 Å². The van der Waals surface area contributed by atoms with Crippen LogP contribution in [0.5, 0.6) is 0 Å². The van der Waals surface area contributed by atoms with Gasteiger partial charge in [0.2, 0.25) is 0 Å². The fourth-order valence-electron chi connectivity index (χ4n) is 8.58. The third kappa shape index (κ3) is 12.8. The molecule has 4 N–H and O–H groups in total. The summed E-state index contributed by atoms with van der Waals surface area (Å²) in [6.45, 7) is 17.1. The van der Waals surface area contributed by atoms with Gasteiger partial charge in [-0.25, -0.2) is 8.42 Å². The summed E-state index contributed by atoms with van der Waals surface area (Å²) >= 11 is 0. The second-order valence-electron chi connectivity index (χ2n) is 17.3. The lowest BCUT2D eigenvalue weighted by Crippen LogP contribution is -2.61. The van der Waals surface area contributed by atoms with Crippen molar-refractivity contribution in [2.45, 2.75) is 179 Å². The molecule has 0 aromatic carbocycles. The quantitative estimate of drug-likeness (QED) is 0.200. The molecule has 0 aliphatic carbocycles. The number of aliphatic hydroxyl groups excluding tert-OH is 3. The average Bonchev–Trinajstić information content (AvgIpc) is 3.11. The summed E-state index contributed by atoms with van der Waals surface area (Å²) in [6.07, 6.45) is -8.13. The van der Waals surface area contributed by atoms with Crippen molar-refractivity contribution in [1.29, 1.82) is 0 Å². The van der Waals surface area contributed by atoms with Gasteiger partial charge in [0.05, 0.1) is 57.8 Å². The number of nitrogens with zero attached hydrogens (tertiary/aromatic N) is 1. The lowest BCUT2D eigenvalue weighted by molar-refractivity contribution is -0.319. The zero-order valence-electron chi connectivity index (χ0n) is 36.5. The molecule has 0 aromatic rings. The van der Waals surface area contributed by atoms with E-state index in [1.54, 1.807) is 48.5 Å². The van der Waals surface area contributed by atoms with Crippen LogP contribution >= 0.6 is 0 Å². The van der Waals surface area contributed by atoms with Gasteiger partial charge in [-0.3, -0.25) is 9.59 Å². The van der Waals surface area contributed by atoms with E-state index < -0.39 is 112 Å². The highest BCUT2D eigenvalue weighted by molar-refractivity contribution is 7.84. The number of carbonyl (C=O) groups excluding carboxylic acids is 2. The Kier molecular flexibility index (Phi) is 18.6. The van der Waals surface area contributed by atoms with Crippen LogP contribution in [0.25, 0.3) is 0 Å². The molecule has 0 saturated carbocycles. The largest absolute Gasteiger partial charge is 0.748 e. The second kappa shape index (κ2) is 20.4. The Labute approximate surface area is 339 Å². The van der Waals surface area contributed by atoms with Crippen molar-refractivity contribution in [2.24, 2.45) is 23.7 Å². The molecule has 3 fully saturated rings. The maximum Gasteiger partial charge on any atom is 0.311 e. The fraction of sp³-hybridized carbons (Fsp3) is 0.949. The van der Waals surface area contributed by atoms with E-state index >= 15 is 0 Å². The Morgan fingerprint density at radius 3 is 1.91 bits per heavy atom. The number of ether oxygens (including phenoxy) is 7. The lowest BCUT2D eigenvalue weighted by atomic mass is 9.74. The SMILES string of the molecule is CC[C@H]1OC(=O)[C@H](C)[C@@H](O[C@H]2C[C@@](C)(OC)[C@@H](O)[C@H](C)O2)[C@H](C)[C@@H](O[C@@H]2O[C@H](C)C[C@H](N(C)C)[C@H]2O)[C@](C)(OC)C[C@@H](C)C(=O)[C@H](C)[C@@H](O)[C@]1(C)O.CS(=O)(=O)[O-]. The standard InChI is InChI=1S/C38H69NO13.CH4O3S/c1-15-26-38(10,45)31(42)21(4)28(40)19(2)17-37(9,47-14)33(52-35-29(41)25(39(11)12)16-20(3)48-35)22(5)30(23(6)34(44)50-26)51-27-18-36(8,46-13)32(43)24(7)49-27;1-5(2,3)4/h19-27,29-33,35,41-43,45H,15-18H2,1-14H3;1H3,(H,2,3,4)/p-1/t19-,20-,21+,22+,23-,24+,25+,26-,27+,29-,30+,31-,32+,33-,35+,36-,37-,38-;/m1./s1. The van der Waals surface area contributed by atoms with Crippen LogP contribution < -0.4 is 0 Å². The number of cyclic esters (lactones) is 1. The number of rotatable bonds is 8. The third-order valence-electron chi connectivity index (χ3n) is 12.3. The molecule has 3 heterocycles. The Hall–Kier alpha value is -1.39. The number of Topliss-reactive ketones (excluding diaryl/α,β-unsaturated/α-hetero) is 1. The number of aliphatic hydroxyl groups is 4. The van der Waals surface area contributed by atoms with E-state index in [2.05, 4.69) is 0 Å². The lowest BCUT2D eigenvalue weighted by Gasteiger charge is -2.50. The number of likely N-dealkylation sites (N-methyl/N-ethyl adjacent to an activating group) is 1. The smallest absolute Gasteiger partial charge is 0.311 e. The van der Waals surface area contributed by atoms with Crippen LogP contribution in [-0.4, -0.2) is 169 Å². The molecule has 336 valence electrons. The Balaban J connectivity index is 0.00000210. The summed E-state index contributed by atoms with van der Waals surface area (Å²) in [4.78, 5) is 30.1. The minimum absolute atomic E-state index is 0.111. The maximum absolute atomic E-state index is 14.2. The van der Waals surface area contributed by atoms with Crippen LogP contribution in [-0.2, 0) is 52.9 Å². The molecule has 57 heavy (non-hydrogen) atoms. The first-order valence-corrected chi connectivity index (χ1v) is 21.6. The number of carbonyl (C=O) groups is 2. The van der Waals surface area contributed by atoms with Gasteiger partial charge in [-0.1, -0.05) is 27.7 Å². The molecular weight excluding hydrogens is 770 g/mol. The molecule has 18 atom stereocenters. The van der Waals surface area contributed by atoms with Crippen molar-refractivity contribution in [3.05, 3.63) is 0 Å². The molecule has 3 aliphatic heterocycles. The highest BCUT2D eigenvalue weighted by Gasteiger charge is 2.54. The van der Waals surface area contributed by atoms with E-state index in [9.17, 15) is 30.0 Å². The number of esters is 1. The Morgan fingerprint density at radius 1 is 0.877 bits per heavy atom. The number of methoxy groups -OCH3 is 2. The molecule has 18 heteroatoms. The number of ketones is 1. The first-order chi connectivity index (χ1) is 26.0. The minimum Gasteiger partial charge on any atom is -0.748 e. The monoisotopic (exact) mass is 842 g/mol. The predicted octanol–water partition coefficient (Wildman–Crippen LogP) is 1.60. The van der Waals surface area contributed by atoms with Gasteiger partial charge in [-0.05, 0) is 74.9 Å². The molecule has 0 aromatic heterocycles. The predicted molar refractivity (Wildman–Crippen MR) is 207 cm³/mol. The fourth-order valence-corrected chi connectivity index (χ4v) is 8.58. The number of hydrogen-bond acceptors (Lipinski definition) is 17. The molecule has 0 spiro atoms. The van der Waals surface area contributed by atoms with E-state index in [-0.39, 0.29) is 37.2 Å². The Bertz CT molecular complexity index is 1410. The van der Waals surface area contributed by atoms with E-state index in [1.807, 2.05) is 32.8 Å². The third-order valence-corrected chi connectivity index (χ3v) is 12.3. The molecule has 0 amide bonds. The van der Waals surface area contributed by atoms with E-state index in [4.69, 9.17) is 46.1 Å². The van der Waals surface area contributed by atoms with Crippen molar-refractivity contribution in [3.8, 4) is 0 Å². The Morgan fingerprint density at radius 2 is 1.42 bits per heavy atom. The summed E-state index contributed by atoms with van der Waals surface area (Å²) in [7, 11) is 2.85. The molecule has 0 bridgehead atoms. The minimum atomic E-state index is -3.92. The molecular formula is C39H72NO16S-. The number of hydrogen-bond donors (Lipinski definition) is 4. The normalized spacial score (nSPS) is 45.7. The van der Waals surface area contributed by atoms with Crippen molar-refractivity contribution in [1.82, 2.24) is 4.90 Å². The van der Waals surface area contributed by atoms with Gasteiger partial charge < -0.3 is 63.0 Å². The van der Waals surface area contributed by atoms with Crippen LogP contribution in [0.3, 0.4) is 0 Å². The van der Waals surface area contributed by atoms with Crippen LogP contribution in [0.1, 0.15) is 94.9 Å². The summed E-state index contributed by atoms with van der Waals surface area (Å²) in [5.41, 5.74) is -4.24. The van der Waals surface area contributed by atoms with Crippen LogP contribution in [0.4, 0.5) is 0 Å². The zero-order valence-corrected chi connectivity index (χ0v) is 37.3. The van der Waals surface area contributed by atoms with E-state index in [0.29, 0.717) is 12.7 Å². The first kappa shape index (κ1) is 51.8. The van der Waals surface area contributed by atoms with Gasteiger partial charge in [0, 0.05) is 50.7 Å². The molecule has 3 saturated heterocycles. The second-order valence-corrected chi connectivity index (χ2v) is 18.7. The van der Waals surface area contributed by atoms with Crippen molar-refractivity contribution >= 4 is 21.9 Å². The highest BCUT2D eigenvalue weighted by atomic mass is 32.2. The van der Waals surface area contributed by atoms with Crippen LogP contribution in [0, 0.1) is 23.7 Å². The van der Waals surface area contributed by atoms with Gasteiger partial charge in [0.25, 0.3) is 0 Å². The zero-order chi connectivity index (χ0) is 44.2. The summed E-state index contributed by atoms with van der Waals surface area (Å²) in [5, 5.41) is 45.6. The van der Waals surface area contributed by atoms with E-state index in [1.165, 1.54) is 21.1 Å². The van der Waals surface area contributed by atoms with Crippen molar-refractivity contribution in [2.75, 3.05) is 34.6 Å². The maximum atomic E-state index is 14.2. The van der Waals surface area contributed by atoms with Gasteiger partial charge in [-0.2, -0.15) is 0 Å². The van der Waals surface area contributed by atoms with Crippen molar-refractivity contribution in [3.63, 3.8) is 0 Å². The topological polar surface area (TPSA) is 240 Å². The molecule has 0 unspecified atom stereocenters. The molecule has 3 rings (SSSR count).